The van der Waals surface area contributed by atoms with E-state index >= 15 is 0 Å². The number of ketones is 1. The number of hydrogen-bond donors (Lipinski definition) is 0. The number of halogens is 2. The van der Waals surface area contributed by atoms with Crippen molar-refractivity contribution in [3.8, 4) is 5.75 Å². The molecule has 0 N–H and O–H groups in total. The van der Waals surface area contributed by atoms with Crippen molar-refractivity contribution in [1.82, 2.24) is 4.90 Å². The predicted molar refractivity (Wildman–Crippen MR) is 74.2 cm³/mol. The Labute approximate surface area is 122 Å². The van der Waals surface area contributed by atoms with Gasteiger partial charge < -0.3 is 9.47 Å². The van der Waals surface area contributed by atoms with Crippen LogP contribution in [-0.2, 0) is 4.74 Å². The molecule has 1 aliphatic heterocycles. The Kier molecular flexibility index (Phi) is 5.64. The minimum Gasteiger partial charge on any atom is -0.492 e. The van der Waals surface area contributed by atoms with Crippen molar-refractivity contribution in [2.24, 2.45) is 0 Å². The van der Waals surface area contributed by atoms with Crippen molar-refractivity contribution in [2.45, 2.75) is 13.3 Å². The average Bonchev–Trinajstić information content (AvgIpc) is 2.48. The first kappa shape index (κ1) is 15.9. The number of nitrogens with zero attached hydrogens (tertiary/aromatic N) is 1. The van der Waals surface area contributed by atoms with E-state index in [2.05, 4.69) is 4.90 Å². The van der Waals surface area contributed by atoms with Gasteiger partial charge in [0.05, 0.1) is 13.2 Å². The van der Waals surface area contributed by atoms with Crippen molar-refractivity contribution >= 4 is 5.78 Å². The molecule has 0 unspecified atom stereocenters. The molecule has 0 atom stereocenters. The molecule has 0 amide bonds. The van der Waals surface area contributed by atoms with Crippen LogP contribution in [0.2, 0.25) is 0 Å². The van der Waals surface area contributed by atoms with Crippen molar-refractivity contribution in [3.05, 3.63) is 29.3 Å². The molecule has 0 saturated carbocycles. The molecule has 0 radical (unpaired) electrons. The van der Waals surface area contributed by atoms with Crippen molar-refractivity contribution in [1.29, 1.82) is 0 Å². The van der Waals surface area contributed by atoms with Crippen LogP contribution in [0.4, 0.5) is 8.78 Å². The largest absolute Gasteiger partial charge is 0.492 e. The highest BCUT2D eigenvalue weighted by Crippen LogP contribution is 2.27. The van der Waals surface area contributed by atoms with Gasteiger partial charge in [-0.15, -0.1) is 0 Å². The van der Waals surface area contributed by atoms with Crippen LogP contribution in [0.3, 0.4) is 0 Å². The third kappa shape index (κ3) is 4.47. The fraction of sp³-hybridized carbons (Fsp3) is 0.533. The van der Waals surface area contributed by atoms with Crippen LogP contribution in [0.1, 0.15) is 29.3 Å². The lowest BCUT2D eigenvalue weighted by Gasteiger charge is -2.26. The Morgan fingerprint density at radius 2 is 2.10 bits per heavy atom. The van der Waals surface area contributed by atoms with Crippen LogP contribution in [-0.4, -0.2) is 50.1 Å². The van der Waals surface area contributed by atoms with E-state index in [0.29, 0.717) is 25.6 Å². The average molecular weight is 299 g/mol. The molecule has 0 spiro atoms. The minimum absolute atomic E-state index is 0.0468. The first-order chi connectivity index (χ1) is 10.1. The van der Waals surface area contributed by atoms with E-state index in [1.54, 1.807) is 6.07 Å². The quantitative estimate of drug-likeness (QED) is 0.757. The predicted octanol–water partition coefficient (Wildman–Crippen LogP) is 2.54. The highest BCUT2D eigenvalue weighted by Gasteiger charge is 2.17. The van der Waals surface area contributed by atoms with E-state index in [0.717, 1.165) is 19.6 Å². The van der Waals surface area contributed by atoms with Crippen molar-refractivity contribution < 1.29 is 23.0 Å². The molecule has 1 heterocycles. The molecular formula is C15H19F2NO3. The Morgan fingerprint density at radius 3 is 2.71 bits per heavy atom. The standard InChI is InChI=1S/C15H19F2NO3/c1-11(19)13-3-2-12(10-14(13)15(16)17)21-9-6-18-4-7-20-8-5-18/h2-3,10,15H,4-9H2,1H3. The molecule has 4 nitrogen and oxygen atoms in total. The minimum atomic E-state index is -2.69. The van der Waals surface area contributed by atoms with E-state index in [1.165, 1.54) is 19.1 Å². The zero-order valence-corrected chi connectivity index (χ0v) is 12.0. The van der Waals surface area contributed by atoms with Gasteiger partial charge in [-0.2, -0.15) is 0 Å². The second-order valence-corrected chi connectivity index (χ2v) is 4.91. The molecule has 1 aliphatic rings. The van der Waals surface area contributed by atoms with Crippen LogP contribution in [0.25, 0.3) is 0 Å². The van der Waals surface area contributed by atoms with E-state index in [9.17, 15) is 13.6 Å². The maximum atomic E-state index is 13.0. The summed E-state index contributed by atoms with van der Waals surface area (Å²) >= 11 is 0. The number of hydrogen-bond acceptors (Lipinski definition) is 4. The molecule has 21 heavy (non-hydrogen) atoms. The van der Waals surface area contributed by atoms with Crippen LogP contribution in [0.5, 0.6) is 5.75 Å². The maximum Gasteiger partial charge on any atom is 0.264 e. The lowest BCUT2D eigenvalue weighted by atomic mass is 10.0. The van der Waals surface area contributed by atoms with Gasteiger partial charge in [0.15, 0.2) is 5.78 Å². The summed E-state index contributed by atoms with van der Waals surface area (Å²) in [6.45, 7) is 5.56. The van der Waals surface area contributed by atoms with Gasteiger partial charge in [0.2, 0.25) is 0 Å². The number of carbonyl (C=O) groups is 1. The van der Waals surface area contributed by atoms with E-state index < -0.39 is 6.43 Å². The first-order valence-electron chi connectivity index (χ1n) is 6.94. The fourth-order valence-electron chi connectivity index (χ4n) is 2.25. The summed E-state index contributed by atoms with van der Waals surface area (Å²) in [4.78, 5) is 13.5. The van der Waals surface area contributed by atoms with Crippen LogP contribution in [0, 0.1) is 0 Å². The van der Waals surface area contributed by atoms with Gasteiger partial charge in [-0.25, -0.2) is 8.78 Å². The van der Waals surface area contributed by atoms with Crippen LogP contribution in [0.15, 0.2) is 18.2 Å². The lowest BCUT2D eigenvalue weighted by molar-refractivity contribution is 0.0322. The highest BCUT2D eigenvalue weighted by molar-refractivity contribution is 5.95. The van der Waals surface area contributed by atoms with Crippen LogP contribution < -0.4 is 4.74 Å². The second kappa shape index (κ2) is 7.47. The van der Waals surface area contributed by atoms with Gasteiger partial charge in [0, 0.05) is 30.8 Å². The Bertz CT molecular complexity index is 488. The monoisotopic (exact) mass is 299 g/mol. The summed E-state index contributed by atoms with van der Waals surface area (Å²) in [5.41, 5.74) is -0.225. The number of alkyl halides is 2. The molecule has 116 valence electrons. The third-order valence-corrected chi connectivity index (χ3v) is 3.42. The maximum absolute atomic E-state index is 13.0. The Balaban J connectivity index is 1.93. The molecule has 6 heteroatoms. The van der Waals surface area contributed by atoms with Gasteiger partial charge in [0.25, 0.3) is 6.43 Å². The number of rotatable bonds is 6. The summed E-state index contributed by atoms with van der Waals surface area (Å²) < 4.78 is 36.7. The highest BCUT2D eigenvalue weighted by atomic mass is 19.3. The second-order valence-electron chi connectivity index (χ2n) is 4.91. The Hall–Kier alpha value is -1.53. The van der Waals surface area contributed by atoms with E-state index in [1.807, 2.05) is 0 Å². The van der Waals surface area contributed by atoms with Gasteiger partial charge in [-0.3, -0.25) is 9.69 Å². The van der Waals surface area contributed by atoms with E-state index in [4.69, 9.17) is 9.47 Å². The van der Waals surface area contributed by atoms with E-state index in [-0.39, 0.29) is 16.9 Å². The third-order valence-electron chi connectivity index (χ3n) is 3.42. The van der Waals surface area contributed by atoms with Gasteiger partial charge >= 0.3 is 0 Å². The van der Waals surface area contributed by atoms with Gasteiger partial charge in [-0.05, 0) is 25.1 Å². The normalized spacial score (nSPS) is 16.2. The SMILES string of the molecule is CC(=O)c1ccc(OCCN2CCOCC2)cc1C(F)F. The molecule has 0 aliphatic carbocycles. The molecule has 1 saturated heterocycles. The smallest absolute Gasteiger partial charge is 0.264 e. The van der Waals surface area contributed by atoms with Crippen molar-refractivity contribution in [2.75, 3.05) is 39.5 Å². The Morgan fingerprint density at radius 1 is 1.38 bits per heavy atom. The first-order valence-corrected chi connectivity index (χ1v) is 6.94. The zero-order chi connectivity index (χ0) is 15.2. The molecule has 0 bridgehead atoms. The number of carbonyl (C=O) groups excluding carboxylic acids is 1. The summed E-state index contributed by atoms with van der Waals surface area (Å²) in [7, 11) is 0. The molecule has 0 aromatic heterocycles. The van der Waals surface area contributed by atoms with Gasteiger partial charge in [0.1, 0.15) is 12.4 Å². The fourth-order valence-corrected chi connectivity index (χ4v) is 2.25. The summed E-state index contributed by atoms with van der Waals surface area (Å²) in [5.74, 6) is -0.00581. The number of benzene rings is 1. The molecule has 2 rings (SSSR count). The van der Waals surface area contributed by atoms with Gasteiger partial charge in [-0.1, -0.05) is 0 Å². The molecule has 1 fully saturated rings. The molecule has 1 aromatic rings. The molecular weight excluding hydrogens is 280 g/mol. The topological polar surface area (TPSA) is 38.8 Å². The number of morpholine rings is 1. The lowest BCUT2D eigenvalue weighted by Crippen LogP contribution is -2.38. The van der Waals surface area contributed by atoms with Crippen molar-refractivity contribution in [3.63, 3.8) is 0 Å². The summed E-state index contributed by atoms with van der Waals surface area (Å²) in [6, 6.07) is 4.20. The van der Waals surface area contributed by atoms with Crippen LogP contribution >= 0.6 is 0 Å². The summed E-state index contributed by atoms with van der Waals surface area (Å²) in [5, 5.41) is 0. The number of Topliss-reactive ketones (excluding diaryl/α,β-unsaturated/α-hetero) is 1. The summed E-state index contributed by atoms with van der Waals surface area (Å²) in [6.07, 6.45) is -2.69. The molecule has 1 aromatic carbocycles. The number of ether oxygens (including phenoxy) is 2. The zero-order valence-electron chi connectivity index (χ0n) is 12.0.